The molecule has 2 heterocycles. The molecule has 2 rings (SSSR count). The predicted octanol–water partition coefficient (Wildman–Crippen LogP) is 0.872. The molecule has 1 aliphatic heterocycles. The number of nitrogens with zero attached hydrogens (tertiary/aromatic N) is 3. The van der Waals surface area contributed by atoms with Gasteiger partial charge in [-0.15, -0.1) is 6.42 Å². The Balaban J connectivity index is 1.85. The highest BCUT2D eigenvalue weighted by Gasteiger charge is 2.18. The third-order valence-electron chi connectivity index (χ3n) is 3.10. The first-order valence-electron chi connectivity index (χ1n) is 6.32. The molecule has 0 atom stereocenters. The van der Waals surface area contributed by atoms with E-state index in [0.717, 1.165) is 31.7 Å². The van der Waals surface area contributed by atoms with Crippen molar-refractivity contribution in [3.63, 3.8) is 0 Å². The van der Waals surface area contributed by atoms with Crippen LogP contribution in [-0.4, -0.2) is 53.4 Å². The van der Waals surface area contributed by atoms with Crippen LogP contribution in [0.5, 0.6) is 0 Å². The predicted molar refractivity (Wildman–Crippen MR) is 75.1 cm³/mol. The Morgan fingerprint density at radius 3 is 2.84 bits per heavy atom. The number of terminal acetylenes is 1. The van der Waals surface area contributed by atoms with Crippen molar-refractivity contribution in [3.8, 4) is 12.3 Å². The van der Waals surface area contributed by atoms with E-state index in [1.54, 1.807) is 24.5 Å². The lowest BCUT2D eigenvalue weighted by molar-refractivity contribution is -0.127. The van der Waals surface area contributed by atoms with Crippen molar-refractivity contribution < 1.29 is 4.79 Å². The Bertz CT molecular complexity index is 482. The van der Waals surface area contributed by atoms with Crippen molar-refractivity contribution in [2.24, 2.45) is 0 Å². The highest BCUT2D eigenvalue weighted by Crippen LogP contribution is 2.04. The molecule has 4 heteroatoms. The van der Waals surface area contributed by atoms with E-state index in [9.17, 15) is 4.79 Å². The fourth-order valence-electron chi connectivity index (χ4n) is 2.00. The van der Waals surface area contributed by atoms with E-state index in [1.165, 1.54) is 0 Å². The first-order valence-corrected chi connectivity index (χ1v) is 6.32. The van der Waals surface area contributed by atoms with Gasteiger partial charge in [-0.1, -0.05) is 12.0 Å². The number of amides is 1. The second-order valence-corrected chi connectivity index (χ2v) is 4.43. The molecule has 19 heavy (non-hydrogen) atoms. The molecule has 0 N–H and O–H groups in total. The fourth-order valence-corrected chi connectivity index (χ4v) is 2.00. The maximum atomic E-state index is 12.0. The van der Waals surface area contributed by atoms with Gasteiger partial charge in [0.05, 0.1) is 6.54 Å². The maximum Gasteiger partial charge on any atom is 0.246 e. The van der Waals surface area contributed by atoms with Crippen molar-refractivity contribution in [3.05, 3.63) is 36.2 Å². The lowest BCUT2D eigenvalue weighted by atomic mass is 10.2. The number of carbonyl (C=O) groups is 1. The minimum atomic E-state index is 0.0456. The summed E-state index contributed by atoms with van der Waals surface area (Å²) in [5, 5.41) is 0. The number of piperazine rings is 1. The zero-order chi connectivity index (χ0) is 13.5. The molecule has 1 amide bonds. The second-order valence-electron chi connectivity index (χ2n) is 4.43. The molecule has 98 valence electrons. The molecule has 0 saturated carbocycles. The molecule has 1 saturated heterocycles. The Morgan fingerprint density at radius 1 is 1.42 bits per heavy atom. The molecule has 1 fully saturated rings. The van der Waals surface area contributed by atoms with Crippen LogP contribution in [0.15, 0.2) is 30.6 Å². The van der Waals surface area contributed by atoms with Crippen LogP contribution in [0, 0.1) is 12.3 Å². The van der Waals surface area contributed by atoms with E-state index in [-0.39, 0.29) is 5.91 Å². The van der Waals surface area contributed by atoms with Gasteiger partial charge in [0.25, 0.3) is 0 Å². The number of pyridine rings is 1. The average Bonchev–Trinajstić information content (AvgIpc) is 2.47. The van der Waals surface area contributed by atoms with Gasteiger partial charge in [-0.25, -0.2) is 0 Å². The van der Waals surface area contributed by atoms with Gasteiger partial charge in [0.15, 0.2) is 0 Å². The molecule has 0 aliphatic carbocycles. The topological polar surface area (TPSA) is 36.4 Å². The number of aromatic nitrogens is 1. The number of hydrogen-bond acceptors (Lipinski definition) is 3. The number of hydrogen-bond donors (Lipinski definition) is 0. The van der Waals surface area contributed by atoms with Gasteiger partial charge in [0.1, 0.15) is 0 Å². The third-order valence-corrected chi connectivity index (χ3v) is 3.10. The van der Waals surface area contributed by atoms with Gasteiger partial charge in [-0.05, 0) is 17.7 Å². The van der Waals surface area contributed by atoms with Gasteiger partial charge in [-0.2, -0.15) is 0 Å². The standard InChI is InChI=1S/C15H17N3O/c1-2-8-17-9-11-18(12-10-17)15(19)6-5-14-4-3-7-16-13-14/h1,3-7,13H,8-12H2. The van der Waals surface area contributed by atoms with E-state index >= 15 is 0 Å². The van der Waals surface area contributed by atoms with Gasteiger partial charge in [-0.3, -0.25) is 14.7 Å². The Kier molecular flexibility index (Phi) is 4.71. The first-order chi connectivity index (χ1) is 9.29. The molecular formula is C15H17N3O. The Morgan fingerprint density at radius 2 is 2.21 bits per heavy atom. The van der Waals surface area contributed by atoms with E-state index in [2.05, 4.69) is 15.8 Å². The van der Waals surface area contributed by atoms with Crippen molar-refractivity contribution in [2.45, 2.75) is 0 Å². The maximum absolute atomic E-state index is 12.0. The summed E-state index contributed by atoms with van der Waals surface area (Å²) < 4.78 is 0. The average molecular weight is 255 g/mol. The SMILES string of the molecule is C#CCN1CCN(C(=O)C=Cc2cccnc2)CC1. The largest absolute Gasteiger partial charge is 0.337 e. The minimum Gasteiger partial charge on any atom is -0.337 e. The van der Waals surface area contributed by atoms with Crippen LogP contribution < -0.4 is 0 Å². The highest BCUT2D eigenvalue weighted by atomic mass is 16.2. The van der Waals surface area contributed by atoms with Crippen LogP contribution in [0.4, 0.5) is 0 Å². The Hall–Kier alpha value is -2.12. The lowest BCUT2D eigenvalue weighted by Crippen LogP contribution is -2.48. The van der Waals surface area contributed by atoms with E-state index in [4.69, 9.17) is 6.42 Å². The number of rotatable bonds is 3. The monoisotopic (exact) mass is 255 g/mol. The van der Waals surface area contributed by atoms with Crippen molar-refractivity contribution in [2.75, 3.05) is 32.7 Å². The first kappa shape index (κ1) is 13.3. The van der Waals surface area contributed by atoms with E-state index < -0.39 is 0 Å². The molecule has 1 aliphatic rings. The number of carbonyl (C=O) groups excluding carboxylic acids is 1. The summed E-state index contributed by atoms with van der Waals surface area (Å²) in [5.41, 5.74) is 0.932. The molecule has 0 bridgehead atoms. The molecular weight excluding hydrogens is 238 g/mol. The summed E-state index contributed by atoms with van der Waals surface area (Å²) in [4.78, 5) is 20.0. The van der Waals surface area contributed by atoms with Crippen LogP contribution in [0.3, 0.4) is 0 Å². The second kappa shape index (κ2) is 6.72. The molecule has 0 aromatic carbocycles. The molecule has 1 aromatic rings. The van der Waals surface area contributed by atoms with Crippen molar-refractivity contribution in [1.29, 1.82) is 0 Å². The summed E-state index contributed by atoms with van der Waals surface area (Å²) in [5.74, 6) is 2.68. The summed E-state index contributed by atoms with van der Waals surface area (Å²) in [6.45, 7) is 3.82. The summed E-state index contributed by atoms with van der Waals surface area (Å²) in [7, 11) is 0. The smallest absolute Gasteiger partial charge is 0.246 e. The molecule has 4 nitrogen and oxygen atoms in total. The normalized spacial score (nSPS) is 16.5. The summed E-state index contributed by atoms with van der Waals surface area (Å²) in [6, 6.07) is 3.77. The highest BCUT2D eigenvalue weighted by molar-refractivity contribution is 5.91. The van der Waals surface area contributed by atoms with Gasteiger partial charge in [0.2, 0.25) is 5.91 Å². The van der Waals surface area contributed by atoms with Crippen LogP contribution in [0.2, 0.25) is 0 Å². The third kappa shape index (κ3) is 3.94. The molecule has 0 unspecified atom stereocenters. The van der Waals surface area contributed by atoms with Gasteiger partial charge < -0.3 is 4.90 Å². The van der Waals surface area contributed by atoms with Crippen molar-refractivity contribution in [1.82, 2.24) is 14.8 Å². The van der Waals surface area contributed by atoms with Crippen LogP contribution in [0.25, 0.3) is 6.08 Å². The van der Waals surface area contributed by atoms with E-state index in [1.807, 2.05) is 17.0 Å². The molecule has 0 spiro atoms. The van der Waals surface area contributed by atoms with Crippen molar-refractivity contribution >= 4 is 12.0 Å². The summed E-state index contributed by atoms with van der Waals surface area (Å²) in [6.07, 6.45) is 12.1. The van der Waals surface area contributed by atoms with Crippen LogP contribution in [-0.2, 0) is 4.79 Å². The van der Waals surface area contributed by atoms with Gasteiger partial charge in [0, 0.05) is 44.6 Å². The lowest BCUT2D eigenvalue weighted by Gasteiger charge is -2.33. The molecule has 1 aromatic heterocycles. The van der Waals surface area contributed by atoms with Crippen LogP contribution in [0.1, 0.15) is 5.56 Å². The minimum absolute atomic E-state index is 0.0456. The zero-order valence-corrected chi connectivity index (χ0v) is 10.8. The van der Waals surface area contributed by atoms with E-state index in [0.29, 0.717) is 6.54 Å². The van der Waals surface area contributed by atoms with Gasteiger partial charge >= 0.3 is 0 Å². The van der Waals surface area contributed by atoms with Crippen LogP contribution >= 0.6 is 0 Å². The quantitative estimate of drug-likeness (QED) is 0.594. The fraction of sp³-hybridized carbons (Fsp3) is 0.333. The zero-order valence-electron chi connectivity index (χ0n) is 10.8. The Labute approximate surface area is 113 Å². The molecule has 0 radical (unpaired) electrons. The summed E-state index contributed by atoms with van der Waals surface area (Å²) >= 11 is 0.